The van der Waals surface area contributed by atoms with E-state index >= 15 is 0 Å². The summed E-state index contributed by atoms with van der Waals surface area (Å²) in [6.45, 7) is 2.20. The first-order valence-corrected chi connectivity index (χ1v) is 9.58. The van der Waals surface area contributed by atoms with Gasteiger partial charge in [-0.1, -0.05) is 18.2 Å². The van der Waals surface area contributed by atoms with Gasteiger partial charge in [-0.2, -0.15) is 5.10 Å². The van der Waals surface area contributed by atoms with E-state index in [-0.39, 0.29) is 18.4 Å². The molecule has 2 aliphatic heterocycles. The monoisotopic (exact) mass is 367 g/mol. The number of aromatic nitrogens is 2. The van der Waals surface area contributed by atoms with Gasteiger partial charge in [0.1, 0.15) is 5.54 Å². The second-order valence-electron chi connectivity index (χ2n) is 7.19. The lowest BCUT2D eigenvalue weighted by Gasteiger charge is -2.36. The number of benzene rings is 1. The van der Waals surface area contributed by atoms with Gasteiger partial charge in [-0.3, -0.25) is 14.3 Å². The largest absolute Gasteiger partial charge is 0.345 e. The number of carbonyl (C=O) groups is 2. The lowest BCUT2D eigenvalue weighted by molar-refractivity contribution is -0.133. The average Bonchev–Trinajstić information content (AvgIpc) is 3.27. The van der Waals surface area contributed by atoms with Crippen molar-refractivity contribution in [2.75, 3.05) is 31.1 Å². The van der Waals surface area contributed by atoms with Gasteiger partial charge in [-0.05, 0) is 56.5 Å². The smallest absolute Gasteiger partial charge is 0.248 e. The molecule has 1 aromatic carbocycles. The molecule has 7 nitrogen and oxygen atoms in total. The molecule has 0 atom stereocenters. The zero-order chi connectivity index (χ0) is 18.7. The topological polar surface area (TPSA) is 79.3 Å². The van der Waals surface area contributed by atoms with E-state index in [1.54, 1.807) is 15.8 Å². The Kier molecular flexibility index (Phi) is 4.94. The molecule has 0 bridgehead atoms. The number of anilines is 1. The van der Waals surface area contributed by atoms with E-state index in [0.717, 1.165) is 31.6 Å². The second-order valence-corrected chi connectivity index (χ2v) is 7.19. The van der Waals surface area contributed by atoms with Crippen LogP contribution in [-0.4, -0.2) is 47.8 Å². The van der Waals surface area contributed by atoms with Gasteiger partial charge in [0.05, 0.1) is 6.54 Å². The predicted molar refractivity (Wildman–Crippen MR) is 102 cm³/mol. The Labute approximate surface area is 158 Å². The molecule has 1 saturated heterocycles. The summed E-state index contributed by atoms with van der Waals surface area (Å²) in [6.07, 6.45) is 6.75. The summed E-state index contributed by atoms with van der Waals surface area (Å²) in [6, 6.07) is 9.82. The maximum absolute atomic E-state index is 13.1. The lowest BCUT2D eigenvalue weighted by atomic mass is 9.87. The third kappa shape index (κ3) is 3.35. The van der Waals surface area contributed by atoms with Crippen LogP contribution in [0.25, 0.3) is 0 Å². The lowest BCUT2D eigenvalue weighted by Crippen LogP contribution is -2.56. The number of nitrogens with one attached hydrogen (secondary N) is 2. The Hall–Kier alpha value is -2.67. The minimum Gasteiger partial charge on any atom is -0.345 e. The van der Waals surface area contributed by atoms with E-state index in [1.165, 1.54) is 5.56 Å². The van der Waals surface area contributed by atoms with Crippen molar-refractivity contribution >= 4 is 17.5 Å². The average molecular weight is 367 g/mol. The van der Waals surface area contributed by atoms with Gasteiger partial charge in [-0.15, -0.1) is 0 Å². The number of aryl methyl sites for hydroxylation is 1. The summed E-state index contributed by atoms with van der Waals surface area (Å²) in [5, 5.41) is 10.5. The van der Waals surface area contributed by atoms with Gasteiger partial charge in [-0.25, -0.2) is 0 Å². The molecule has 0 saturated carbocycles. The van der Waals surface area contributed by atoms with Gasteiger partial charge in [0, 0.05) is 24.6 Å². The predicted octanol–water partition coefficient (Wildman–Crippen LogP) is 1.06. The van der Waals surface area contributed by atoms with Crippen LogP contribution in [0.1, 0.15) is 24.8 Å². The highest BCUT2D eigenvalue weighted by Gasteiger charge is 2.42. The number of hydrogen-bond donors (Lipinski definition) is 2. The van der Waals surface area contributed by atoms with Crippen molar-refractivity contribution in [3.8, 4) is 0 Å². The molecular weight excluding hydrogens is 342 g/mol. The van der Waals surface area contributed by atoms with Crippen molar-refractivity contribution in [2.45, 2.75) is 31.2 Å². The first kappa shape index (κ1) is 17.7. The Morgan fingerprint density at radius 1 is 1.19 bits per heavy atom. The van der Waals surface area contributed by atoms with E-state index in [9.17, 15) is 9.59 Å². The summed E-state index contributed by atoms with van der Waals surface area (Å²) in [4.78, 5) is 27.7. The highest BCUT2D eigenvalue weighted by Crippen LogP contribution is 2.28. The van der Waals surface area contributed by atoms with Crippen LogP contribution >= 0.6 is 0 Å². The number of para-hydroxylation sites is 1. The van der Waals surface area contributed by atoms with Crippen molar-refractivity contribution in [1.82, 2.24) is 20.4 Å². The van der Waals surface area contributed by atoms with Crippen LogP contribution in [0.3, 0.4) is 0 Å². The first-order chi connectivity index (χ1) is 13.2. The van der Waals surface area contributed by atoms with Gasteiger partial charge < -0.3 is 15.5 Å². The first-order valence-electron chi connectivity index (χ1n) is 9.58. The van der Waals surface area contributed by atoms with Crippen molar-refractivity contribution in [2.24, 2.45) is 0 Å². The number of nitrogens with zero attached hydrogens (tertiary/aromatic N) is 3. The number of carbonyl (C=O) groups excluding carboxylic acids is 2. The van der Waals surface area contributed by atoms with E-state index in [1.807, 2.05) is 30.5 Å². The maximum atomic E-state index is 13.1. The number of fused-ring (bicyclic) bond motifs is 1. The molecule has 0 unspecified atom stereocenters. The fraction of sp³-hybridized carbons (Fsp3) is 0.450. The van der Waals surface area contributed by atoms with Crippen LogP contribution in [0.15, 0.2) is 42.7 Å². The number of amides is 2. The molecule has 27 heavy (non-hydrogen) atoms. The van der Waals surface area contributed by atoms with Crippen molar-refractivity contribution < 1.29 is 9.59 Å². The summed E-state index contributed by atoms with van der Waals surface area (Å²) in [7, 11) is 0. The molecule has 142 valence electrons. The minimum absolute atomic E-state index is 0.00359. The third-order valence-electron chi connectivity index (χ3n) is 5.61. The van der Waals surface area contributed by atoms with E-state index in [4.69, 9.17) is 0 Å². The molecule has 4 rings (SSSR count). The molecule has 2 amide bonds. The van der Waals surface area contributed by atoms with Crippen LogP contribution in [-0.2, 0) is 21.5 Å². The van der Waals surface area contributed by atoms with Gasteiger partial charge in [0.2, 0.25) is 11.8 Å². The van der Waals surface area contributed by atoms with Crippen LogP contribution in [0.2, 0.25) is 0 Å². The molecule has 1 fully saturated rings. The van der Waals surface area contributed by atoms with E-state index in [2.05, 4.69) is 21.8 Å². The summed E-state index contributed by atoms with van der Waals surface area (Å²) < 4.78 is 1.74. The van der Waals surface area contributed by atoms with E-state index in [0.29, 0.717) is 19.4 Å². The summed E-state index contributed by atoms with van der Waals surface area (Å²) >= 11 is 0. The molecule has 7 heteroatoms. The Morgan fingerprint density at radius 3 is 2.78 bits per heavy atom. The van der Waals surface area contributed by atoms with Crippen LogP contribution in [0, 0.1) is 0 Å². The van der Waals surface area contributed by atoms with Crippen molar-refractivity contribution in [3.63, 3.8) is 0 Å². The van der Waals surface area contributed by atoms with Crippen molar-refractivity contribution in [3.05, 3.63) is 48.3 Å². The number of hydrogen-bond acceptors (Lipinski definition) is 4. The summed E-state index contributed by atoms with van der Waals surface area (Å²) in [5.74, 6) is -0.202. The Bertz CT molecular complexity index is 812. The SMILES string of the molecule is O=C(CNC(=O)C1(n2cccn2)CCNCC1)N1CCCc2ccccc21. The summed E-state index contributed by atoms with van der Waals surface area (Å²) in [5.41, 5.74) is 1.43. The van der Waals surface area contributed by atoms with Gasteiger partial charge in [0.25, 0.3) is 0 Å². The normalized spacial score (nSPS) is 18.6. The number of rotatable bonds is 4. The zero-order valence-corrected chi connectivity index (χ0v) is 15.4. The van der Waals surface area contributed by atoms with Gasteiger partial charge in [0.15, 0.2) is 0 Å². The fourth-order valence-corrected chi connectivity index (χ4v) is 4.13. The maximum Gasteiger partial charge on any atom is 0.248 e. The molecule has 0 spiro atoms. The van der Waals surface area contributed by atoms with Crippen LogP contribution in [0.5, 0.6) is 0 Å². The van der Waals surface area contributed by atoms with E-state index < -0.39 is 5.54 Å². The zero-order valence-electron chi connectivity index (χ0n) is 15.4. The number of piperidine rings is 1. The van der Waals surface area contributed by atoms with Crippen LogP contribution < -0.4 is 15.5 Å². The third-order valence-corrected chi connectivity index (χ3v) is 5.61. The molecule has 2 N–H and O–H groups in total. The molecule has 3 heterocycles. The molecule has 2 aromatic rings. The molecule has 0 radical (unpaired) electrons. The Morgan fingerprint density at radius 2 is 2.00 bits per heavy atom. The molecule has 0 aliphatic carbocycles. The minimum atomic E-state index is -0.727. The standard InChI is InChI=1S/C20H25N5O2/c26-18(24-13-3-6-16-5-1-2-7-17(16)24)15-22-19(27)20(8-11-21-12-9-20)25-14-4-10-23-25/h1-2,4-5,7,10,14,21H,3,6,8-9,11-13,15H2,(H,22,27). The molecule has 2 aliphatic rings. The van der Waals surface area contributed by atoms with Crippen molar-refractivity contribution in [1.29, 1.82) is 0 Å². The van der Waals surface area contributed by atoms with Gasteiger partial charge >= 0.3 is 0 Å². The molecule has 1 aromatic heterocycles. The van der Waals surface area contributed by atoms with Crippen LogP contribution in [0.4, 0.5) is 5.69 Å². The second kappa shape index (κ2) is 7.52. The quantitative estimate of drug-likeness (QED) is 0.847. The highest BCUT2D eigenvalue weighted by atomic mass is 16.2. The molecular formula is C20H25N5O2. The highest BCUT2D eigenvalue weighted by molar-refractivity contribution is 5.98. The fourth-order valence-electron chi connectivity index (χ4n) is 4.13. The Balaban J connectivity index is 1.46.